The number of fused-ring (bicyclic) bond motifs is 1. The zero-order valence-electron chi connectivity index (χ0n) is 15.4. The van der Waals surface area contributed by atoms with Crippen LogP contribution >= 0.6 is 0 Å². The normalized spacial score (nSPS) is 20.0. The van der Waals surface area contributed by atoms with E-state index in [1.165, 1.54) is 0 Å². The smallest absolute Gasteiger partial charge is 0.279 e. The number of nitrogens with zero attached hydrogens (tertiary/aromatic N) is 4. The first-order valence-electron chi connectivity index (χ1n) is 9.14. The Morgan fingerprint density at radius 1 is 1.32 bits per heavy atom. The molecule has 1 saturated heterocycles. The van der Waals surface area contributed by atoms with E-state index in [0.29, 0.717) is 18.1 Å². The molecule has 0 amide bonds. The molecule has 1 atom stereocenters. The van der Waals surface area contributed by atoms with Crippen molar-refractivity contribution in [2.75, 3.05) is 42.9 Å². The van der Waals surface area contributed by atoms with E-state index in [0.717, 1.165) is 51.3 Å². The Kier molecular flexibility index (Phi) is 5.61. The fourth-order valence-electron chi connectivity index (χ4n) is 3.42. The van der Waals surface area contributed by atoms with Crippen LogP contribution in [0, 0.1) is 11.8 Å². The van der Waals surface area contributed by atoms with Crippen molar-refractivity contribution < 1.29 is 0 Å². The molecule has 2 aliphatic heterocycles. The van der Waals surface area contributed by atoms with Crippen LogP contribution in [0.2, 0.25) is 0 Å². The summed E-state index contributed by atoms with van der Waals surface area (Å²) in [4.78, 5) is 22.2. The number of hydrogen-bond acceptors (Lipinski definition) is 6. The predicted octanol–water partition coefficient (Wildman–Crippen LogP) is 0.567. The van der Waals surface area contributed by atoms with Crippen molar-refractivity contribution in [3.05, 3.63) is 16.2 Å². The number of nitrogens with one attached hydrogen (secondary N) is 2. The van der Waals surface area contributed by atoms with Gasteiger partial charge in [-0.05, 0) is 13.3 Å². The van der Waals surface area contributed by atoms with Crippen molar-refractivity contribution in [3.63, 3.8) is 0 Å². The first-order valence-corrected chi connectivity index (χ1v) is 9.14. The summed E-state index contributed by atoms with van der Waals surface area (Å²) in [5.41, 5.74) is 0.660. The van der Waals surface area contributed by atoms with Gasteiger partial charge in [0.05, 0.1) is 6.54 Å². The number of piperazine rings is 1. The Morgan fingerprint density at radius 2 is 2.08 bits per heavy atom. The van der Waals surface area contributed by atoms with Crippen LogP contribution in [0.3, 0.4) is 0 Å². The van der Waals surface area contributed by atoms with E-state index in [1.54, 1.807) is 4.57 Å². The number of hydrogen-bond donors (Lipinski definition) is 2. The van der Waals surface area contributed by atoms with Gasteiger partial charge in [-0.15, -0.1) is 5.92 Å². The van der Waals surface area contributed by atoms with Crippen molar-refractivity contribution >= 4 is 11.5 Å². The third-order valence-corrected chi connectivity index (χ3v) is 4.89. The topological polar surface area (TPSA) is 65.4 Å². The van der Waals surface area contributed by atoms with Crippen LogP contribution in [-0.4, -0.2) is 53.5 Å². The number of aromatic nitrogens is 2. The predicted molar refractivity (Wildman–Crippen MR) is 101 cm³/mol. The highest BCUT2D eigenvalue weighted by Gasteiger charge is 2.37. The molecule has 3 rings (SSSR count). The second-order valence-corrected chi connectivity index (χ2v) is 6.55. The Morgan fingerprint density at radius 3 is 2.76 bits per heavy atom. The van der Waals surface area contributed by atoms with E-state index >= 15 is 0 Å². The number of aryl methyl sites for hydroxylation is 1. The molecule has 2 N–H and O–H groups in total. The molecule has 0 aromatic carbocycles. The molecule has 0 spiro atoms. The molecule has 0 aliphatic carbocycles. The highest BCUT2D eigenvalue weighted by atomic mass is 16.1. The highest BCUT2D eigenvalue weighted by molar-refractivity contribution is 5.71. The largest absolute Gasteiger partial charge is 0.335 e. The maximum atomic E-state index is 13.0. The third kappa shape index (κ3) is 3.51. The van der Waals surface area contributed by atoms with Crippen LogP contribution in [0.4, 0.5) is 11.5 Å². The summed E-state index contributed by atoms with van der Waals surface area (Å²) in [6.07, 6.45) is 2.89. The fourth-order valence-corrected chi connectivity index (χ4v) is 3.42. The molecule has 1 unspecified atom stereocenters. The Bertz CT molecular complexity index is 726. The number of unbranched alkanes of at least 4 members (excludes halogenated alkanes) is 1. The first kappa shape index (κ1) is 17.8. The van der Waals surface area contributed by atoms with Gasteiger partial charge in [0.1, 0.15) is 11.5 Å². The van der Waals surface area contributed by atoms with Crippen molar-refractivity contribution in [3.8, 4) is 11.8 Å². The maximum absolute atomic E-state index is 13.0. The van der Waals surface area contributed by atoms with Gasteiger partial charge in [-0.1, -0.05) is 19.3 Å². The van der Waals surface area contributed by atoms with Gasteiger partial charge in [-0.25, -0.2) is 4.98 Å². The van der Waals surface area contributed by atoms with Crippen LogP contribution in [0.1, 0.15) is 32.5 Å². The van der Waals surface area contributed by atoms with Crippen molar-refractivity contribution in [2.45, 2.75) is 39.4 Å². The Balaban J connectivity index is 1.97. The maximum Gasteiger partial charge on any atom is 0.279 e. The zero-order valence-corrected chi connectivity index (χ0v) is 15.4. The molecule has 1 aromatic heterocycles. The molecule has 7 heteroatoms. The SMILES string of the molecule is CC#CCN1c2c(nc(CCCC)n(C)c2=O)NC1N1CCNCC1. The minimum Gasteiger partial charge on any atom is -0.335 e. The molecular formula is C18H28N6O. The van der Waals surface area contributed by atoms with Gasteiger partial charge in [-0.2, -0.15) is 0 Å². The molecule has 136 valence electrons. The van der Waals surface area contributed by atoms with Gasteiger partial charge in [0.15, 0.2) is 12.1 Å². The lowest BCUT2D eigenvalue weighted by atomic mass is 10.2. The second kappa shape index (κ2) is 7.89. The second-order valence-electron chi connectivity index (χ2n) is 6.55. The summed E-state index contributed by atoms with van der Waals surface area (Å²) in [5.74, 6) is 7.61. The van der Waals surface area contributed by atoms with E-state index in [1.807, 2.05) is 14.0 Å². The molecular weight excluding hydrogens is 316 g/mol. The molecule has 2 aliphatic rings. The highest BCUT2D eigenvalue weighted by Crippen LogP contribution is 2.31. The van der Waals surface area contributed by atoms with Crippen molar-refractivity contribution in [1.82, 2.24) is 19.8 Å². The summed E-state index contributed by atoms with van der Waals surface area (Å²) < 4.78 is 1.70. The lowest BCUT2D eigenvalue weighted by molar-refractivity contribution is 0.191. The van der Waals surface area contributed by atoms with Crippen LogP contribution in [0.5, 0.6) is 0 Å². The Hall–Kier alpha value is -2.04. The number of anilines is 2. The Labute approximate surface area is 149 Å². The van der Waals surface area contributed by atoms with Crippen LogP contribution in [0.25, 0.3) is 0 Å². The van der Waals surface area contributed by atoms with Gasteiger partial charge in [0, 0.05) is 39.6 Å². The van der Waals surface area contributed by atoms with Crippen molar-refractivity contribution in [2.24, 2.45) is 7.05 Å². The molecule has 3 heterocycles. The van der Waals surface area contributed by atoms with E-state index in [-0.39, 0.29) is 11.8 Å². The molecule has 0 saturated carbocycles. The molecule has 1 fully saturated rings. The van der Waals surface area contributed by atoms with Crippen LogP contribution in [-0.2, 0) is 13.5 Å². The average Bonchev–Trinajstić information content (AvgIpc) is 3.01. The van der Waals surface area contributed by atoms with Gasteiger partial charge < -0.3 is 15.5 Å². The average molecular weight is 344 g/mol. The van der Waals surface area contributed by atoms with Gasteiger partial charge >= 0.3 is 0 Å². The lowest BCUT2D eigenvalue weighted by Gasteiger charge is -2.37. The van der Waals surface area contributed by atoms with E-state index < -0.39 is 0 Å². The first-order chi connectivity index (χ1) is 12.2. The minimum absolute atomic E-state index is 0.0131. The van der Waals surface area contributed by atoms with Crippen LogP contribution < -0.4 is 21.1 Å². The van der Waals surface area contributed by atoms with Gasteiger partial charge in [-0.3, -0.25) is 14.3 Å². The summed E-state index contributed by atoms with van der Waals surface area (Å²) in [7, 11) is 1.82. The third-order valence-electron chi connectivity index (χ3n) is 4.89. The van der Waals surface area contributed by atoms with Gasteiger partial charge in [0.25, 0.3) is 5.56 Å². The molecule has 25 heavy (non-hydrogen) atoms. The van der Waals surface area contributed by atoms with Crippen molar-refractivity contribution in [1.29, 1.82) is 0 Å². The standard InChI is InChI=1S/C18H28N6O/c1-4-6-8-14-20-16-15(17(25)22(14)3)24(11-7-5-2)18(21-16)23-12-9-19-10-13-23/h18-19,21H,4,6,8-13H2,1-3H3. The van der Waals surface area contributed by atoms with Crippen LogP contribution in [0.15, 0.2) is 4.79 Å². The number of rotatable bonds is 5. The molecule has 1 aromatic rings. The summed E-state index contributed by atoms with van der Waals surface area (Å²) >= 11 is 0. The summed E-state index contributed by atoms with van der Waals surface area (Å²) in [6, 6.07) is 0. The molecule has 0 bridgehead atoms. The molecule has 7 nitrogen and oxygen atoms in total. The quantitative estimate of drug-likeness (QED) is 0.762. The summed E-state index contributed by atoms with van der Waals surface area (Å²) in [6.45, 7) is 8.28. The minimum atomic E-state index is -0.0559. The molecule has 0 radical (unpaired) electrons. The van der Waals surface area contributed by atoms with E-state index in [4.69, 9.17) is 4.98 Å². The monoisotopic (exact) mass is 344 g/mol. The lowest BCUT2D eigenvalue weighted by Crippen LogP contribution is -2.56. The fraction of sp³-hybridized carbons (Fsp3) is 0.667. The summed E-state index contributed by atoms with van der Waals surface area (Å²) in [5, 5.41) is 6.85. The van der Waals surface area contributed by atoms with E-state index in [9.17, 15) is 4.79 Å². The zero-order chi connectivity index (χ0) is 17.8. The van der Waals surface area contributed by atoms with E-state index in [2.05, 4.69) is 39.2 Å². The van der Waals surface area contributed by atoms with Gasteiger partial charge in [0.2, 0.25) is 0 Å².